The molecule has 5 nitrogen and oxygen atoms in total. The number of ether oxygens (including phenoxy) is 2. The summed E-state index contributed by atoms with van der Waals surface area (Å²) in [6.45, 7) is 6.12. The van der Waals surface area contributed by atoms with Gasteiger partial charge in [0.2, 0.25) is 5.88 Å². The van der Waals surface area contributed by atoms with Crippen LogP contribution in [0, 0.1) is 5.92 Å². The van der Waals surface area contributed by atoms with E-state index in [2.05, 4.69) is 29.1 Å². The molecule has 0 amide bonds. The van der Waals surface area contributed by atoms with Gasteiger partial charge in [0.15, 0.2) is 0 Å². The van der Waals surface area contributed by atoms with Crippen LogP contribution in [0.1, 0.15) is 38.4 Å². The smallest absolute Gasteiger partial charge is 0.237 e. The third-order valence-corrected chi connectivity index (χ3v) is 3.57. The molecule has 2 rings (SSSR count). The fourth-order valence-corrected chi connectivity index (χ4v) is 2.52. The van der Waals surface area contributed by atoms with Crippen molar-refractivity contribution < 1.29 is 9.47 Å². The van der Waals surface area contributed by atoms with Crippen LogP contribution in [0.25, 0.3) is 0 Å². The SMILES string of the molecule is CCCNC(c1nccnc1OC)C1OCCC1C. The van der Waals surface area contributed by atoms with Crippen LogP contribution >= 0.6 is 0 Å². The second-order valence-corrected chi connectivity index (χ2v) is 4.98. The molecule has 19 heavy (non-hydrogen) atoms. The number of nitrogens with zero attached hydrogens (tertiary/aromatic N) is 2. The van der Waals surface area contributed by atoms with Crippen LogP contribution in [-0.2, 0) is 4.74 Å². The van der Waals surface area contributed by atoms with Crippen molar-refractivity contribution in [3.8, 4) is 5.88 Å². The number of aromatic nitrogens is 2. The molecule has 1 fully saturated rings. The second kappa shape index (κ2) is 6.82. The number of hydrogen-bond acceptors (Lipinski definition) is 5. The Labute approximate surface area is 114 Å². The molecule has 5 heteroatoms. The van der Waals surface area contributed by atoms with Gasteiger partial charge in [0.05, 0.1) is 19.3 Å². The van der Waals surface area contributed by atoms with Gasteiger partial charge in [-0.05, 0) is 25.3 Å². The number of nitrogens with one attached hydrogen (secondary N) is 1. The Bertz CT molecular complexity index is 400. The summed E-state index contributed by atoms with van der Waals surface area (Å²) in [4.78, 5) is 8.69. The molecule has 3 atom stereocenters. The van der Waals surface area contributed by atoms with Crippen molar-refractivity contribution in [1.82, 2.24) is 15.3 Å². The van der Waals surface area contributed by atoms with Gasteiger partial charge in [0, 0.05) is 19.0 Å². The lowest BCUT2D eigenvalue weighted by Gasteiger charge is -2.27. The molecule has 3 unspecified atom stereocenters. The maximum Gasteiger partial charge on any atom is 0.237 e. The maximum atomic E-state index is 5.89. The van der Waals surface area contributed by atoms with E-state index in [1.165, 1.54) is 0 Å². The highest BCUT2D eigenvalue weighted by Crippen LogP contribution is 2.33. The Morgan fingerprint density at radius 3 is 2.89 bits per heavy atom. The zero-order chi connectivity index (χ0) is 13.7. The lowest BCUT2D eigenvalue weighted by atomic mass is 9.95. The molecule has 1 aromatic heterocycles. The van der Waals surface area contributed by atoms with Gasteiger partial charge >= 0.3 is 0 Å². The molecule has 1 N–H and O–H groups in total. The van der Waals surface area contributed by atoms with E-state index in [1.54, 1.807) is 19.5 Å². The van der Waals surface area contributed by atoms with Crippen molar-refractivity contribution in [2.24, 2.45) is 5.92 Å². The predicted octanol–water partition coefficient (Wildman–Crippen LogP) is 1.95. The highest BCUT2D eigenvalue weighted by atomic mass is 16.5. The van der Waals surface area contributed by atoms with Crippen LogP contribution in [0.4, 0.5) is 0 Å². The molecule has 1 saturated heterocycles. The summed E-state index contributed by atoms with van der Waals surface area (Å²) in [6, 6.07) is 0.0427. The normalized spacial score (nSPS) is 24.4. The summed E-state index contributed by atoms with van der Waals surface area (Å²) in [5.74, 6) is 1.10. The summed E-state index contributed by atoms with van der Waals surface area (Å²) in [5, 5.41) is 3.53. The first-order valence-corrected chi connectivity index (χ1v) is 6.97. The first-order valence-electron chi connectivity index (χ1n) is 6.97. The van der Waals surface area contributed by atoms with Crippen molar-refractivity contribution in [3.63, 3.8) is 0 Å². The zero-order valence-electron chi connectivity index (χ0n) is 11.9. The predicted molar refractivity (Wildman–Crippen MR) is 73.1 cm³/mol. The van der Waals surface area contributed by atoms with Gasteiger partial charge in [-0.25, -0.2) is 4.98 Å². The van der Waals surface area contributed by atoms with Crippen molar-refractivity contribution in [2.45, 2.75) is 38.8 Å². The fraction of sp³-hybridized carbons (Fsp3) is 0.714. The number of rotatable bonds is 6. The minimum atomic E-state index is 0.0427. The van der Waals surface area contributed by atoms with Crippen LogP contribution in [0.5, 0.6) is 5.88 Å². The molecule has 0 aliphatic carbocycles. The van der Waals surface area contributed by atoms with E-state index >= 15 is 0 Å². The van der Waals surface area contributed by atoms with E-state index in [-0.39, 0.29) is 12.1 Å². The number of methoxy groups -OCH3 is 1. The summed E-state index contributed by atoms with van der Waals surface area (Å²) in [5.41, 5.74) is 0.845. The lowest BCUT2D eigenvalue weighted by Crippen LogP contribution is -2.36. The van der Waals surface area contributed by atoms with Crippen LogP contribution in [-0.4, -0.2) is 36.3 Å². The minimum Gasteiger partial charge on any atom is -0.480 e. The average Bonchev–Trinajstić information content (AvgIpc) is 2.86. The van der Waals surface area contributed by atoms with E-state index in [0.29, 0.717) is 11.8 Å². The van der Waals surface area contributed by atoms with Gasteiger partial charge in [-0.3, -0.25) is 4.98 Å². The molecular formula is C14H23N3O2. The van der Waals surface area contributed by atoms with Crippen LogP contribution in [0.2, 0.25) is 0 Å². The first kappa shape index (κ1) is 14.2. The van der Waals surface area contributed by atoms with Gasteiger partial charge < -0.3 is 14.8 Å². The Balaban J connectivity index is 2.25. The molecular weight excluding hydrogens is 242 g/mol. The van der Waals surface area contributed by atoms with Gasteiger partial charge in [0.25, 0.3) is 0 Å². The van der Waals surface area contributed by atoms with E-state index in [0.717, 1.165) is 31.7 Å². The molecule has 1 aliphatic heterocycles. The van der Waals surface area contributed by atoms with Crippen molar-refractivity contribution in [3.05, 3.63) is 18.1 Å². The third-order valence-electron chi connectivity index (χ3n) is 3.57. The summed E-state index contributed by atoms with van der Waals surface area (Å²) < 4.78 is 11.2. The number of hydrogen-bond donors (Lipinski definition) is 1. The molecule has 0 spiro atoms. The largest absolute Gasteiger partial charge is 0.480 e. The van der Waals surface area contributed by atoms with Crippen molar-refractivity contribution >= 4 is 0 Å². The molecule has 0 saturated carbocycles. The quantitative estimate of drug-likeness (QED) is 0.852. The minimum absolute atomic E-state index is 0.0427. The van der Waals surface area contributed by atoms with Crippen LogP contribution < -0.4 is 10.1 Å². The second-order valence-electron chi connectivity index (χ2n) is 4.98. The highest BCUT2D eigenvalue weighted by Gasteiger charge is 2.35. The van der Waals surface area contributed by atoms with Gasteiger partial charge in [-0.1, -0.05) is 13.8 Å². The molecule has 0 aromatic carbocycles. The molecule has 1 aromatic rings. The Hall–Kier alpha value is -1.20. The Kier molecular flexibility index (Phi) is 5.10. The molecule has 0 bridgehead atoms. The highest BCUT2D eigenvalue weighted by molar-refractivity contribution is 5.23. The third kappa shape index (κ3) is 3.22. The van der Waals surface area contributed by atoms with E-state index < -0.39 is 0 Å². The molecule has 0 radical (unpaired) electrons. The molecule has 2 heterocycles. The summed E-state index contributed by atoms with van der Waals surface area (Å²) >= 11 is 0. The maximum absolute atomic E-state index is 5.89. The van der Waals surface area contributed by atoms with Crippen molar-refractivity contribution in [1.29, 1.82) is 0 Å². The lowest BCUT2D eigenvalue weighted by molar-refractivity contribution is 0.0583. The Morgan fingerprint density at radius 1 is 1.47 bits per heavy atom. The fourth-order valence-electron chi connectivity index (χ4n) is 2.52. The van der Waals surface area contributed by atoms with Crippen LogP contribution in [0.3, 0.4) is 0 Å². The Morgan fingerprint density at radius 2 is 2.26 bits per heavy atom. The average molecular weight is 265 g/mol. The summed E-state index contributed by atoms with van der Waals surface area (Å²) in [7, 11) is 1.63. The molecule has 1 aliphatic rings. The first-order chi connectivity index (χ1) is 9.27. The van der Waals surface area contributed by atoms with Gasteiger partial charge in [-0.15, -0.1) is 0 Å². The van der Waals surface area contributed by atoms with Gasteiger partial charge in [0.1, 0.15) is 5.69 Å². The molecule has 106 valence electrons. The van der Waals surface area contributed by atoms with E-state index in [9.17, 15) is 0 Å². The van der Waals surface area contributed by atoms with E-state index in [1.807, 2.05) is 0 Å². The van der Waals surface area contributed by atoms with E-state index in [4.69, 9.17) is 9.47 Å². The van der Waals surface area contributed by atoms with Crippen LogP contribution in [0.15, 0.2) is 12.4 Å². The van der Waals surface area contributed by atoms with Gasteiger partial charge in [-0.2, -0.15) is 0 Å². The zero-order valence-corrected chi connectivity index (χ0v) is 11.9. The monoisotopic (exact) mass is 265 g/mol. The van der Waals surface area contributed by atoms with Crippen molar-refractivity contribution in [2.75, 3.05) is 20.3 Å². The standard InChI is InChI=1S/C14H23N3O2/c1-4-6-15-11(13-10(2)5-9-19-13)12-14(18-3)17-8-7-16-12/h7-8,10-11,13,15H,4-6,9H2,1-3H3. The topological polar surface area (TPSA) is 56.3 Å². The summed E-state index contributed by atoms with van der Waals surface area (Å²) in [6.07, 6.45) is 5.66.